The normalized spacial score (nSPS) is 14.4. The van der Waals surface area contributed by atoms with E-state index in [2.05, 4.69) is 13.8 Å². The van der Waals surface area contributed by atoms with E-state index in [0.29, 0.717) is 5.92 Å². The van der Waals surface area contributed by atoms with Crippen LogP contribution in [-0.4, -0.2) is 17.6 Å². The third-order valence-corrected chi connectivity index (χ3v) is 3.05. The fourth-order valence-corrected chi connectivity index (χ4v) is 1.67. The van der Waals surface area contributed by atoms with Gasteiger partial charge in [0, 0.05) is 6.54 Å². The van der Waals surface area contributed by atoms with E-state index in [1.165, 1.54) is 5.56 Å². The number of carboxylic acid groups (broad SMARTS) is 1. The SMILES string of the molecule is CCC(C)c1ccc(C(CN)C(=O)O)cc1. The third-order valence-electron chi connectivity index (χ3n) is 3.05. The molecule has 2 unspecified atom stereocenters. The van der Waals surface area contributed by atoms with Gasteiger partial charge in [0.1, 0.15) is 0 Å². The zero-order valence-corrected chi connectivity index (χ0v) is 9.81. The summed E-state index contributed by atoms with van der Waals surface area (Å²) < 4.78 is 0. The van der Waals surface area contributed by atoms with Crippen molar-refractivity contribution < 1.29 is 9.90 Å². The molecule has 88 valence electrons. The highest BCUT2D eigenvalue weighted by atomic mass is 16.4. The molecule has 0 bridgehead atoms. The first-order valence-corrected chi connectivity index (χ1v) is 5.62. The second-order valence-electron chi connectivity index (χ2n) is 4.10. The van der Waals surface area contributed by atoms with Crippen molar-refractivity contribution in [3.05, 3.63) is 35.4 Å². The van der Waals surface area contributed by atoms with Crippen LogP contribution in [0, 0.1) is 0 Å². The van der Waals surface area contributed by atoms with E-state index in [1.54, 1.807) is 0 Å². The van der Waals surface area contributed by atoms with Gasteiger partial charge in [-0.05, 0) is 23.5 Å². The second kappa shape index (κ2) is 5.66. The maximum Gasteiger partial charge on any atom is 0.312 e. The van der Waals surface area contributed by atoms with E-state index in [9.17, 15) is 4.79 Å². The van der Waals surface area contributed by atoms with Crippen LogP contribution in [0.25, 0.3) is 0 Å². The molecule has 0 fully saturated rings. The van der Waals surface area contributed by atoms with Crippen molar-refractivity contribution in [2.45, 2.75) is 32.1 Å². The number of aliphatic carboxylic acids is 1. The van der Waals surface area contributed by atoms with Crippen LogP contribution in [0.4, 0.5) is 0 Å². The van der Waals surface area contributed by atoms with Gasteiger partial charge in [0.05, 0.1) is 5.92 Å². The number of carboxylic acids is 1. The molecule has 0 saturated carbocycles. The zero-order chi connectivity index (χ0) is 12.1. The van der Waals surface area contributed by atoms with Gasteiger partial charge < -0.3 is 10.8 Å². The minimum absolute atomic E-state index is 0.137. The minimum Gasteiger partial charge on any atom is -0.481 e. The van der Waals surface area contributed by atoms with Gasteiger partial charge in [-0.25, -0.2) is 0 Å². The lowest BCUT2D eigenvalue weighted by Gasteiger charge is -2.13. The minimum atomic E-state index is -0.862. The van der Waals surface area contributed by atoms with Gasteiger partial charge in [0.25, 0.3) is 0 Å². The van der Waals surface area contributed by atoms with Crippen LogP contribution in [0.2, 0.25) is 0 Å². The van der Waals surface area contributed by atoms with Gasteiger partial charge in [-0.3, -0.25) is 4.79 Å². The van der Waals surface area contributed by atoms with E-state index < -0.39 is 11.9 Å². The molecule has 0 aliphatic carbocycles. The van der Waals surface area contributed by atoms with Gasteiger partial charge in [0.2, 0.25) is 0 Å². The molecule has 0 aliphatic heterocycles. The third kappa shape index (κ3) is 2.83. The smallest absolute Gasteiger partial charge is 0.312 e. The van der Waals surface area contributed by atoms with Gasteiger partial charge in [0.15, 0.2) is 0 Å². The topological polar surface area (TPSA) is 63.3 Å². The Bertz CT molecular complexity index is 345. The first-order chi connectivity index (χ1) is 7.60. The molecule has 0 saturated heterocycles. The summed E-state index contributed by atoms with van der Waals surface area (Å²) in [6.07, 6.45) is 1.08. The molecular weight excluding hydrogens is 202 g/mol. The Kier molecular flexibility index (Phi) is 4.50. The molecule has 3 heteroatoms. The predicted molar refractivity (Wildman–Crippen MR) is 64.6 cm³/mol. The number of hydrogen-bond donors (Lipinski definition) is 2. The highest BCUT2D eigenvalue weighted by Crippen LogP contribution is 2.22. The number of hydrogen-bond acceptors (Lipinski definition) is 2. The lowest BCUT2D eigenvalue weighted by atomic mass is 9.93. The summed E-state index contributed by atoms with van der Waals surface area (Å²) in [5.41, 5.74) is 7.47. The van der Waals surface area contributed by atoms with E-state index >= 15 is 0 Å². The van der Waals surface area contributed by atoms with Gasteiger partial charge in [-0.2, -0.15) is 0 Å². The lowest BCUT2D eigenvalue weighted by molar-refractivity contribution is -0.138. The van der Waals surface area contributed by atoms with Gasteiger partial charge in [-0.1, -0.05) is 38.1 Å². The highest BCUT2D eigenvalue weighted by Gasteiger charge is 2.17. The Balaban J connectivity index is 2.89. The molecule has 3 N–H and O–H groups in total. The van der Waals surface area contributed by atoms with Gasteiger partial charge >= 0.3 is 5.97 Å². The zero-order valence-electron chi connectivity index (χ0n) is 9.81. The Labute approximate surface area is 96.3 Å². The highest BCUT2D eigenvalue weighted by molar-refractivity contribution is 5.76. The summed E-state index contributed by atoms with van der Waals surface area (Å²) in [4.78, 5) is 10.9. The monoisotopic (exact) mass is 221 g/mol. The molecule has 0 heterocycles. The van der Waals surface area contributed by atoms with Crippen LogP contribution in [0.15, 0.2) is 24.3 Å². The summed E-state index contributed by atoms with van der Waals surface area (Å²) in [6, 6.07) is 7.73. The Morgan fingerprint density at radius 3 is 2.19 bits per heavy atom. The summed E-state index contributed by atoms with van der Waals surface area (Å²) in [5, 5.41) is 8.97. The molecule has 0 radical (unpaired) electrons. The first-order valence-electron chi connectivity index (χ1n) is 5.62. The van der Waals surface area contributed by atoms with Crippen LogP contribution in [-0.2, 0) is 4.79 Å². The van der Waals surface area contributed by atoms with E-state index in [1.807, 2.05) is 24.3 Å². The molecular formula is C13H19NO2. The first kappa shape index (κ1) is 12.7. The standard InChI is InChI=1S/C13H19NO2/c1-3-9(2)10-4-6-11(7-5-10)12(8-14)13(15)16/h4-7,9,12H,3,8,14H2,1-2H3,(H,15,16). The molecule has 0 aliphatic rings. The van der Waals surface area contributed by atoms with Crippen molar-refractivity contribution in [2.24, 2.45) is 5.73 Å². The molecule has 2 atom stereocenters. The molecule has 1 aromatic carbocycles. The van der Waals surface area contributed by atoms with Crippen LogP contribution < -0.4 is 5.73 Å². The van der Waals surface area contributed by atoms with Crippen molar-refractivity contribution in [3.63, 3.8) is 0 Å². The fraction of sp³-hybridized carbons (Fsp3) is 0.462. The number of carbonyl (C=O) groups is 1. The maximum absolute atomic E-state index is 10.9. The molecule has 16 heavy (non-hydrogen) atoms. The van der Waals surface area contributed by atoms with Crippen molar-refractivity contribution in [1.82, 2.24) is 0 Å². The van der Waals surface area contributed by atoms with Crippen LogP contribution in [0.1, 0.15) is 43.2 Å². The van der Waals surface area contributed by atoms with Crippen molar-refractivity contribution in [1.29, 1.82) is 0 Å². The second-order valence-corrected chi connectivity index (χ2v) is 4.10. The quantitative estimate of drug-likeness (QED) is 0.802. The molecule has 0 aromatic heterocycles. The predicted octanol–water partition coefficient (Wildman–Crippen LogP) is 2.33. The average molecular weight is 221 g/mol. The summed E-state index contributed by atoms with van der Waals surface area (Å²) in [6.45, 7) is 4.43. The summed E-state index contributed by atoms with van der Waals surface area (Å²) in [5.74, 6) is -0.944. The lowest BCUT2D eigenvalue weighted by Crippen LogP contribution is -2.21. The van der Waals surface area contributed by atoms with Crippen molar-refractivity contribution in [2.75, 3.05) is 6.54 Å². The Hall–Kier alpha value is -1.35. The molecule has 1 aromatic rings. The van der Waals surface area contributed by atoms with E-state index in [-0.39, 0.29) is 6.54 Å². The fourth-order valence-electron chi connectivity index (χ4n) is 1.67. The molecule has 0 amide bonds. The Morgan fingerprint density at radius 1 is 1.31 bits per heavy atom. The number of nitrogens with two attached hydrogens (primary N) is 1. The average Bonchev–Trinajstić information content (AvgIpc) is 2.29. The van der Waals surface area contributed by atoms with Crippen LogP contribution in [0.3, 0.4) is 0 Å². The Morgan fingerprint density at radius 2 is 1.81 bits per heavy atom. The largest absolute Gasteiger partial charge is 0.481 e. The number of rotatable bonds is 5. The van der Waals surface area contributed by atoms with Crippen molar-refractivity contribution in [3.8, 4) is 0 Å². The molecule has 0 spiro atoms. The van der Waals surface area contributed by atoms with Gasteiger partial charge in [-0.15, -0.1) is 0 Å². The van der Waals surface area contributed by atoms with Crippen LogP contribution >= 0.6 is 0 Å². The summed E-state index contributed by atoms with van der Waals surface area (Å²) in [7, 11) is 0. The van der Waals surface area contributed by atoms with Crippen LogP contribution in [0.5, 0.6) is 0 Å². The summed E-state index contributed by atoms with van der Waals surface area (Å²) >= 11 is 0. The van der Waals surface area contributed by atoms with E-state index in [0.717, 1.165) is 12.0 Å². The molecule has 3 nitrogen and oxygen atoms in total. The maximum atomic E-state index is 10.9. The van der Waals surface area contributed by atoms with E-state index in [4.69, 9.17) is 10.8 Å². The molecule has 1 rings (SSSR count). The number of benzene rings is 1. The van der Waals surface area contributed by atoms with Crippen molar-refractivity contribution >= 4 is 5.97 Å².